The second-order valence-corrected chi connectivity index (χ2v) is 7.59. The quantitative estimate of drug-likeness (QED) is 0.340. The molecule has 0 amide bonds. The average Bonchev–Trinajstić information content (AvgIpc) is 2.97. The lowest BCUT2D eigenvalue weighted by molar-refractivity contribution is -0.151. The molecule has 5 nitrogen and oxygen atoms in total. The molecule has 1 spiro atoms. The molecule has 0 N–H and O–H groups in total. The molecule has 1 aromatic rings. The standard InChI is InChI=1S/C20H20O5/c1-5-19(4)9-13-15(11(3)17(22)24-13)20(19)16(21)14-10(2)7-6-8-12(14)25-18(20)23/h5-8,11,13,15H,1,9H2,2-4H3/t11-,13-,15+,19-,20+/m0/s1. The Morgan fingerprint density at radius 1 is 1.28 bits per heavy atom. The summed E-state index contributed by atoms with van der Waals surface area (Å²) in [7, 11) is 0. The van der Waals surface area contributed by atoms with E-state index in [0.717, 1.165) is 5.56 Å². The summed E-state index contributed by atoms with van der Waals surface area (Å²) in [6.07, 6.45) is 1.56. The van der Waals surface area contributed by atoms with Crippen molar-refractivity contribution in [2.45, 2.75) is 33.3 Å². The predicted octanol–water partition coefficient (Wildman–Crippen LogP) is 2.86. The van der Waals surface area contributed by atoms with E-state index in [1.807, 2.05) is 19.9 Å². The van der Waals surface area contributed by atoms with Gasteiger partial charge in [-0.15, -0.1) is 6.58 Å². The van der Waals surface area contributed by atoms with Crippen LogP contribution >= 0.6 is 0 Å². The number of Topliss-reactive ketones (excluding diaryl/α,β-unsaturated/α-hetero) is 1. The van der Waals surface area contributed by atoms with E-state index in [1.165, 1.54) is 0 Å². The van der Waals surface area contributed by atoms with Crippen molar-refractivity contribution in [3.63, 3.8) is 0 Å². The molecule has 4 rings (SSSR count). The molecule has 0 unspecified atom stereocenters. The first-order valence-corrected chi connectivity index (χ1v) is 8.48. The Hall–Kier alpha value is -2.43. The van der Waals surface area contributed by atoms with E-state index in [-0.39, 0.29) is 17.5 Å². The second kappa shape index (κ2) is 4.81. The van der Waals surface area contributed by atoms with Crippen LogP contribution in [0.15, 0.2) is 30.9 Å². The number of hydrogen-bond donors (Lipinski definition) is 0. The van der Waals surface area contributed by atoms with Crippen molar-refractivity contribution in [3.8, 4) is 5.75 Å². The van der Waals surface area contributed by atoms with Gasteiger partial charge in [-0.25, -0.2) is 0 Å². The van der Waals surface area contributed by atoms with Crippen LogP contribution in [0, 0.1) is 29.6 Å². The highest BCUT2D eigenvalue weighted by atomic mass is 16.6. The summed E-state index contributed by atoms with van der Waals surface area (Å²) in [6, 6.07) is 5.20. The molecule has 3 aliphatic rings. The third-order valence-electron chi connectivity index (χ3n) is 6.40. The monoisotopic (exact) mass is 340 g/mol. The van der Waals surface area contributed by atoms with Gasteiger partial charge < -0.3 is 9.47 Å². The van der Waals surface area contributed by atoms with Gasteiger partial charge in [0.15, 0.2) is 5.78 Å². The number of benzene rings is 1. The molecule has 130 valence electrons. The number of fused-ring (bicyclic) bond motifs is 3. The number of esters is 2. The topological polar surface area (TPSA) is 69.7 Å². The van der Waals surface area contributed by atoms with Gasteiger partial charge in [-0.2, -0.15) is 0 Å². The number of aryl methyl sites for hydroxylation is 1. The molecular formula is C20H20O5. The number of carbonyl (C=O) groups is 3. The summed E-state index contributed by atoms with van der Waals surface area (Å²) in [5.41, 5.74) is -1.15. The molecule has 1 saturated carbocycles. The maximum Gasteiger partial charge on any atom is 0.326 e. The van der Waals surface area contributed by atoms with Crippen LogP contribution in [-0.2, 0) is 14.3 Å². The zero-order valence-corrected chi connectivity index (χ0v) is 14.5. The van der Waals surface area contributed by atoms with Gasteiger partial charge in [0.05, 0.1) is 11.5 Å². The van der Waals surface area contributed by atoms with Crippen LogP contribution in [0.3, 0.4) is 0 Å². The molecule has 25 heavy (non-hydrogen) atoms. The summed E-state index contributed by atoms with van der Waals surface area (Å²) in [5.74, 6) is -2.05. The van der Waals surface area contributed by atoms with E-state index in [4.69, 9.17) is 9.47 Å². The molecule has 1 aromatic carbocycles. The Bertz CT molecular complexity index is 840. The first kappa shape index (κ1) is 16.1. The van der Waals surface area contributed by atoms with Gasteiger partial charge in [0.2, 0.25) is 0 Å². The number of ketones is 1. The zero-order chi connectivity index (χ0) is 18.1. The Labute approximate surface area is 146 Å². The van der Waals surface area contributed by atoms with E-state index < -0.39 is 34.7 Å². The molecular weight excluding hydrogens is 320 g/mol. The molecule has 0 radical (unpaired) electrons. The van der Waals surface area contributed by atoms with Crippen LogP contribution in [0.5, 0.6) is 5.75 Å². The average molecular weight is 340 g/mol. The van der Waals surface area contributed by atoms with E-state index >= 15 is 0 Å². The van der Waals surface area contributed by atoms with Gasteiger partial charge in [0, 0.05) is 11.3 Å². The van der Waals surface area contributed by atoms with E-state index in [1.54, 1.807) is 25.1 Å². The number of ether oxygens (including phenoxy) is 2. The number of carbonyl (C=O) groups excluding carboxylic acids is 3. The van der Waals surface area contributed by atoms with Crippen LogP contribution in [0.25, 0.3) is 0 Å². The Morgan fingerprint density at radius 3 is 2.68 bits per heavy atom. The fourth-order valence-electron chi connectivity index (χ4n) is 5.09. The van der Waals surface area contributed by atoms with Crippen molar-refractivity contribution < 1.29 is 23.9 Å². The maximum absolute atomic E-state index is 13.7. The first-order chi connectivity index (χ1) is 11.8. The fraction of sp³-hybridized carbons (Fsp3) is 0.450. The summed E-state index contributed by atoms with van der Waals surface area (Å²) in [6.45, 7) is 9.26. The first-order valence-electron chi connectivity index (χ1n) is 8.48. The molecule has 0 bridgehead atoms. The lowest BCUT2D eigenvalue weighted by Gasteiger charge is -2.44. The molecule has 2 fully saturated rings. The highest BCUT2D eigenvalue weighted by Gasteiger charge is 2.75. The zero-order valence-electron chi connectivity index (χ0n) is 14.5. The Morgan fingerprint density at radius 2 is 2.00 bits per heavy atom. The van der Waals surface area contributed by atoms with Crippen LogP contribution in [-0.4, -0.2) is 23.8 Å². The lowest BCUT2D eigenvalue weighted by atomic mass is 9.56. The van der Waals surface area contributed by atoms with Gasteiger partial charge in [-0.05, 0) is 25.0 Å². The van der Waals surface area contributed by atoms with Gasteiger partial charge in [-0.1, -0.05) is 32.1 Å². The number of hydrogen-bond acceptors (Lipinski definition) is 5. The number of allylic oxidation sites excluding steroid dienone is 1. The summed E-state index contributed by atoms with van der Waals surface area (Å²) >= 11 is 0. The summed E-state index contributed by atoms with van der Waals surface area (Å²) < 4.78 is 11.1. The van der Waals surface area contributed by atoms with E-state index in [9.17, 15) is 14.4 Å². The molecule has 5 heteroatoms. The van der Waals surface area contributed by atoms with Gasteiger partial charge in [-0.3, -0.25) is 14.4 Å². The fourth-order valence-corrected chi connectivity index (χ4v) is 5.09. The van der Waals surface area contributed by atoms with Crippen LogP contribution in [0.2, 0.25) is 0 Å². The third-order valence-corrected chi connectivity index (χ3v) is 6.40. The molecule has 1 saturated heterocycles. The largest absolute Gasteiger partial charge is 0.462 e. The van der Waals surface area contributed by atoms with Gasteiger partial charge in [0.25, 0.3) is 0 Å². The van der Waals surface area contributed by atoms with Crippen LogP contribution < -0.4 is 4.74 Å². The van der Waals surface area contributed by atoms with Crippen molar-refractivity contribution >= 4 is 17.7 Å². The summed E-state index contributed by atoms with van der Waals surface area (Å²) in [5, 5.41) is 0. The van der Waals surface area contributed by atoms with Crippen molar-refractivity contribution in [3.05, 3.63) is 42.0 Å². The maximum atomic E-state index is 13.7. The molecule has 2 heterocycles. The molecule has 1 aliphatic carbocycles. The van der Waals surface area contributed by atoms with E-state index in [0.29, 0.717) is 12.0 Å². The smallest absolute Gasteiger partial charge is 0.326 e. The molecule has 5 atom stereocenters. The predicted molar refractivity (Wildman–Crippen MR) is 89.0 cm³/mol. The SMILES string of the molecule is C=C[C@@]1(C)C[C@@H]2OC(=O)[C@@H](C)[C@H]2[C@@]12C(=O)Oc1cccc(C)c1C2=O. The van der Waals surface area contributed by atoms with E-state index in [2.05, 4.69) is 6.58 Å². The number of rotatable bonds is 1. The summed E-state index contributed by atoms with van der Waals surface area (Å²) in [4.78, 5) is 39.1. The minimum Gasteiger partial charge on any atom is -0.462 e. The second-order valence-electron chi connectivity index (χ2n) is 7.59. The Balaban J connectivity index is 2.01. The van der Waals surface area contributed by atoms with Gasteiger partial charge in [0.1, 0.15) is 17.3 Å². The van der Waals surface area contributed by atoms with Crippen LogP contribution in [0.4, 0.5) is 0 Å². The molecule has 2 aliphatic heterocycles. The minimum absolute atomic E-state index is 0.281. The van der Waals surface area contributed by atoms with Crippen molar-refractivity contribution in [2.24, 2.45) is 22.7 Å². The minimum atomic E-state index is -1.48. The van der Waals surface area contributed by atoms with Crippen molar-refractivity contribution in [1.29, 1.82) is 0 Å². The van der Waals surface area contributed by atoms with Crippen molar-refractivity contribution in [2.75, 3.05) is 0 Å². The van der Waals surface area contributed by atoms with Gasteiger partial charge >= 0.3 is 11.9 Å². The highest BCUT2D eigenvalue weighted by molar-refractivity contribution is 6.19. The lowest BCUT2D eigenvalue weighted by Crippen LogP contribution is -2.57. The third kappa shape index (κ3) is 1.66. The van der Waals surface area contributed by atoms with Crippen molar-refractivity contribution in [1.82, 2.24) is 0 Å². The molecule has 0 aromatic heterocycles. The van der Waals surface area contributed by atoms with Crippen LogP contribution in [0.1, 0.15) is 36.2 Å². The highest BCUT2D eigenvalue weighted by Crippen LogP contribution is 2.65. The normalized spacial score (nSPS) is 39.0. The Kier molecular flexibility index (Phi) is 3.09.